The molecule has 0 saturated carbocycles. The first-order chi connectivity index (χ1) is 10.1. The van der Waals surface area contributed by atoms with Crippen molar-refractivity contribution in [3.05, 3.63) is 46.9 Å². The highest BCUT2D eigenvalue weighted by Crippen LogP contribution is 2.28. The molecular formula is C13H6FN3O3S. The average Bonchev–Trinajstić information content (AvgIpc) is 2.98. The van der Waals surface area contributed by atoms with E-state index < -0.39 is 11.8 Å². The number of thiazole rings is 1. The molecule has 2 aromatic heterocycles. The minimum Gasteiger partial charge on any atom is -0.476 e. The van der Waals surface area contributed by atoms with E-state index in [1.807, 2.05) is 0 Å². The smallest absolute Gasteiger partial charge is 0.358 e. The number of ether oxygens (including phenoxy) is 1. The fourth-order valence-electron chi connectivity index (χ4n) is 1.79. The van der Waals surface area contributed by atoms with Gasteiger partial charge in [-0.2, -0.15) is 10.2 Å². The fraction of sp³-hybridized carbons (Fsp3) is 0. The highest BCUT2D eigenvalue weighted by atomic mass is 32.1. The molecule has 104 valence electrons. The van der Waals surface area contributed by atoms with Gasteiger partial charge in [-0.05, 0) is 12.1 Å². The van der Waals surface area contributed by atoms with E-state index in [1.54, 1.807) is 17.6 Å². The molecule has 0 spiro atoms. The number of aromatic nitrogens is 2. The summed E-state index contributed by atoms with van der Waals surface area (Å²) in [7, 11) is 0. The zero-order chi connectivity index (χ0) is 15.0. The standard InChI is InChI=1S/C13H6FN3O3S/c14-9-5-8(2-1-7(9)6-15)20-11-10(12(18)19)17-3-4-21-13(17)16-11/h1-5H,(H,18,19). The summed E-state index contributed by atoms with van der Waals surface area (Å²) in [4.78, 5) is 15.8. The molecule has 0 saturated heterocycles. The molecule has 1 N–H and O–H groups in total. The summed E-state index contributed by atoms with van der Waals surface area (Å²) in [5.41, 5.74) is -0.261. The van der Waals surface area contributed by atoms with Crippen LogP contribution in [-0.2, 0) is 0 Å². The predicted octanol–water partition coefficient (Wildman–Crippen LogP) is 2.90. The van der Waals surface area contributed by atoms with E-state index >= 15 is 0 Å². The van der Waals surface area contributed by atoms with Crippen LogP contribution in [0.5, 0.6) is 11.6 Å². The van der Waals surface area contributed by atoms with Gasteiger partial charge in [-0.1, -0.05) is 0 Å². The fourth-order valence-corrected chi connectivity index (χ4v) is 2.50. The number of fused-ring (bicyclic) bond motifs is 1. The Morgan fingerprint density at radius 3 is 3.00 bits per heavy atom. The first kappa shape index (κ1) is 13.1. The summed E-state index contributed by atoms with van der Waals surface area (Å²) in [5.74, 6) is -2.00. The zero-order valence-corrected chi connectivity index (χ0v) is 11.1. The quantitative estimate of drug-likeness (QED) is 0.803. The molecule has 0 unspecified atom stereocenters. The number of carbonyl (C=O) groups is 1. The van der Waals surface area contributed by atoms with Crippen molar-refractivity contribution in [2.45, 2.75) is 0 Å². The van der Waals surface area contributed by atoms with Gasteiger partial charge in [-0.15, -0.1) is 11.3 Å². The van der Waals surface area contributed by atoms with E-state index in [9.17, 15) is 14.3 Å². The molecule has 6 nitrogen and oxygen atoms in total. The lowest BCUT2D eigenvalue weighted by atomic mass is 10.2. The maximum atomic E-state index is 13.5. The predicted molar refractivity (Wildman–Crippen MR) is 71.2 cm³/mol. The maximum absolute atomic E-state index is 13.5. The first-order valence-corrected chi connectivity index (χ1v) is 6.54. The molecule has 0 aliphatic heterocycles. The van der Waals surface area contributed by atoms with Gasteiger partial charge >= 0.3 is 5.97 Å². The zero-order valence-electron chi connectivity index (χ0n) is 10.3. The normalized spacial score (nSPS) is 10.5. The van der Waals surface area contributed by atoms with Crippen molar-refractivity contribution in [3.8, 4) is 17.7 Å². The molecule has 0 amide bonds. The van der Waals surface area contributed by atoms with Crippen LogP contribution in [0.4, 0.5) is 4.39 Å². The van der Waals surface area contributed by atoms with Crippen LogP contribution in [0.15, 0.2) is 29.8 Å². The Bertz CT molecular complexity index is 894. The third-order valence-corrected chi connectivity index (χ3v) is 3.46. The summed E-state index contributed by atoms with van der Waals surface area (Å²) < 4.78 is 20.2. The number of rotatable bonds is 3. The van der Waals surface area contributed by atoms with Gasteiger partial charge in [0.15, 0.2) is 10.7 Å². The Morgan fingerprint density at radius 1 is 1.52 bits per heavy atom. The SMILES string of the molecule is N#Cc1ccc(Oc2nc3sccn3c2C(=O)O)cc1F. The molecule has 0 fully saturated rings. The Labute approximate surface area is 121 Å². The molecular weight excluding hydrogens is 297 g/mol. The summed E-state index contributed by atoms with van der Waals surface area (Å²) in [5, 5.41) is 19.6. The number of nitrogens with zero attached hydrogens (tertiary/aromatic N) is 3. The van der Waals surface area contributed by atoms with Crippen molar-refractivity contribution < 1.29 is 19.0 Å². The highest BCUT2D eigenvalue weighted by Gasteiger charge is 2.21. The van der Waals surface area contributed by atoms with Crippen molar-refractivity contribution in [3.63, 3.8) is 0 Å². The average molecular weight is 303 g/mol. The van der Waals surface area contributed by atoms with Gasteiger partial charge in [0.05, 0.1) is 5.56 Å². The molecule has 0 atom stereocenters. The minimum absolute atomic E-state index is 0.0692. The van der Waals surface area contributed by atoms with Gasteiger partial charge in [-0.25, -0.2) is 9.18 Å². The van der Waals surface area contributed by atoms with Gasteiger partial charge < -0.3 is 9.84 Å². The molecule has 8 heteroatoms. The Morgan fingerprint density at radius 2 is 2.33 bits per heavy atom. The minimum atomic E-state index is -1.20. The van der Waals surface area contributed by atoms with Gasteiger partial charge in [0.1, 0.15) is 17.6 Å². The second-order valence-corrected chi connectivity index (χ2v) is 4.85. The van der Waals surface area contributed by atoms with Crippen molar-refractivity contribution in [2.75, 3.05) is 0 Å². The van der Waals surface area contributed by atoms with Crippen LogP contribution in [0.3, 0.4) is 0 Å². The van der Waals surface area contributed by atoms with Crippen LogP contribution in [-0.4, -0.2) is 20.5 Å². The number of imidazole rings is 1. The van der Waals surface area contributed by atoms with Gasteiger partial charge in [0.2, 0.25) is 0 Å². The van der Waals surface area contributed by atoms with Gasteiger partial charge in [0.25, 0.3) is 5.88 Å². The molecule has 1 aromatic carbocycles. The van der Waals surface area contributed by atoms with Crippen LogP contribution >= 0.6 is 11.3 Å². The molecule has 0 radical (unpaired) electrons. The number of carboxylic acids is 1. The number of carboxylic acid groups (broad SMARTS) is 1. The van der Waals surface area contributed by atoms with Crippen LogP contribution in [0.2, 0.25) is 0 Å². The number of benzene rings is 1. The van der Waals surface area contributed by atoms with Gasteiger partial charge in [0, 0.05) is 17.6 Å². The lowest BCUT2D eigenvalue weighted by Crippen LogP contribution is -2.02. The summed E-state index contributed by atoms with van der Waals surface area (Å²) in [6, 6.07) is 5.33. The van der Waals surface area contributed by atoms with Crippen LogP contribution in [0.1, 0.15) is 16.1 Å². The second-order valence-electron chi connectivity index (χ2n) is 3.98. The van der Waals surface area contributed by atoms with E-state index in [0.717, 1.165) is 6.07 Å². The molecule has 0 aliphatic carbocycles. The van der Waals surface area contributed by atoms with Crippen molar-refractivity contribution in [2.24, 2.45) is 0 Å². The largest absolute Gasteiger partial charge is 0.476 e. The summed E-state index contributed by atoms with van der Waals surface area (Å²) >= 11 is 1.25. The van der Waals surface area contributed by atoms with E-state index in [-0.39, 0.29) is 22.9 Å². The number of hydrogen-bond donors (Lipinski definition) is 1. The first-order valence-electron chi connectivity index (χ1n) is 5.66. The molecule has 3 aromatic rings. The van der Waals surface area contributed by atoms with Crippen LogP contribution in [0.25, 0.3) is 4.96 Å². The molecule has 3 rings (SSSR count). The summed E-state index contributed by atoms with van der Waals surface area (Å²) in [6.07, 6.45) is 1.56. The molecule has 0 bridgehead atoms. The van der Waals surface area contributed by atoms with E-state index in [2.05, 4.69) is 4.98 Å². The van der Waals surface area contributed by atoms with Crippen molar-refractivity contribution >= 4 is 22.3 Å². The van der Waals surface area contributed by atoms with E-state index in [4.69, 9.17) is 10.00 Å². The Hall–Kier alpha value is -2.92. The maximum Gasteiger partial charge on any atom is 0.358 e. The lowest BCUT2D eigenvalue weighted by Gasteiger charge is -2.04. The number of hydrogen-bond acceptors (Lipinski definition) is 5. The Balaban J connectivity index is 2.04. The summed E-state index contributed by atoms with van der Waals surface area (Å²) in [6.45, 7) is 0. The van der Waals surface area contributed by atoms with Crippen molar-refractivity contribution in [1.29, 1.82) is 5.26 Å². The molecule has 21 heavy (non-hydrogen) atoms. The highest BCUT2D eigenvalue weighted by molar-refractivity contribution is 7.15. The molecule has 2 heterocycles. The third kappa shape index (κ3) is 2.19. The Kier molecular flexibility index (Phi) is 3.04. The second kappa shape index (κ2) is 4.88. The van der Waals surface area contributed by atoms with Gasteiger partial charge in [-0.3, -0.25) is 4.40 Å². The van der Waals surface area contributed by atoms with E-state index in [1.165, 1.54) is 27.9 Å². The number of aromatic carboxylic acids is 1. The van der Waals surface area contributed by atoms with Crippen molar-refractivity contribution in [1.82, 2.24) is 9.38 Å². The van der Waals surface area contributed by atoms with Crippen LogP contribution in [0, 0.1) is 17.1 Å². The number of nitriles is 1. The monoisotopic (exact) mass is 303 g/mol. The van der Waals surface area contributed by atoms with E-state index in [0.29, 0.717) is 4.96 Å². The topological polar surface area (TPSA) is 87.6 Å². The molecule has 0 aliphatic rings. The third-order valence-electron chi connectivity index (χ3n) is 2.71. The number of halogens is 1. The lowest BCUT2D eigenvalue weighted by molar-refractivity contribution is 0.0686. The van der Waals surface area contributed by atoms with Crippen LogP contribution < -0.4 is 4.74 Å².